The monoisotopic (exact) mass is 285 g/mol. The minimum atomic E-state index is 0.0780. The fourth-order valence-corrected chi connectivity index (χ4v) is 2.02. The van der Waals surface area contributed by atoms with Gasteiger partial charge in [0.25, 0.3) is 0 Å². The average molecular weight is 285 g/mol. The van der Waals surface area contributed by atoms with Crippen LogP contribution in [0, 0.1) is 0 Å². The summed E-state index contributed by atoms with van der Waals surface area (Å²) in [7, 11) is 0. The number of nitrogens with one attached hydrogen (secondary N) is 1. The highest BCUT2D eigenvalue weighted by Crippen LogP contribution is 2.14. The second kappa shape index (κ2) is 8.45. The molecule has 0 atom stereocenters. The Balaban J connectivity index is 1.82. The van der Waals surface area contributed by atoms with Crippen molar-refractivity contribution in [2.75, 3.05) is 6.54 Å². The summed E-state index contributed by atoms with van der Waals surface area (Å²) in [6.45, 7) is 4.73. The molecular weight excluding hydrogens is 262 g/mol. The van der Waals surface area contributed by atoms with Gasteiger partial charge in [-0.25, -0.2) is 0 Å². The maximum absolute atomic E-state index is 9.00. The van der Waals surface area contributed by atoms with Crippen LogP contribution in [0.2, 0.25) is 0 Å². The normalized spacial score (nSPS) is 10.6. The number of hydrogen-bond acceptors (Lipinski definition) is 3. The summed E-state index contributed by atoms with van der Waals surface area (Å²) in [5.74, 6) is 0.875. The molecule has 0 radical (unpaired) electrons. The van der Waals surface area contributed by atoms with E-state index in [1.54, 1.807) is 0 Å². The van der Waals surface area contributed by atoms with Gasteiger partial charge >= 0.3 is 0 Å². The zero-order valence-corrected chi connectivity index (χ0v) is 12.5. The fourth-order valence-electron chi connectivity index (χ4n) is 2.02. The smallest absolute Gasteiger partial charge is 0.119 e. The van der Waals surface area contributed by atoms with E-state index < -0.39 is 0 Å². The Hall–Kier alpha value is -1.84. The van der Waals surface area contributed by atoms with Crippen LogP contribution < -0.4 is 10.1 Å². The molecule has 0 aliphatic rings. The number of aliphatic hydroxyl groups is 1. The van der Waals surface area contributed by atoms with Gasteiger partial charge in [0, 0.05) is 6.54 Å². The van der Waals surface area contributed by atoms with E-state index in [4.69, 9.17) is 9.84 Å². The van der Waals surface area contributed by atoms with Crippen molar-refractivity contribution in [1.29, 1.82) is 0 Å². The highest BCUT2D eigenvalue weighted by molar-refractivity contribution is 5.28. The maximum atomic E-state index is 9.00. The average Bonchev–Trinajstić information content (AvgIpc) is 2.55. The number of aliphatic hydroxyl groups excluding tert-OH is 1. The molecule has 3 heteroatoms. The van der Waals surface area contributed by atoms with Crippen LogP contribution in [0.3, 0.4) is 0 Å². The molecule has 0 saturated heterocycles. The molecule has 0 spiro atoms. The third kappa shape index (κ3) is 5.21. The molecule has 0 bridgehead atoms. The number of rotatable bonds is 8. The summed E-state index contributed by atoms with van der Waals surface area (Å²) in [4.78, 5) is 0. The highest BCUT2D eigenvalue weighted by Gasteiger charge is 1.98. The van der Waals surface area contributed by atoms with Crippen LogP contribution in [0.4, 0.5) is 0 Å². The van der Waals surface area contributed by atoms with Crippen molar-refractivity contribution in [2.24, 2.45) is 0 Å². The second-order valence-corrected chi connectivity index (χ2v) is 5.08. The molecule has 0 heterocycles. The van der Waals surface area contributed by atoms with Gasteiger partial charge in [-0.1, -0.05) is 43.3 Å². The van der Waals surface area contributed by atoms with Gasteiger partial charge in [0.05, 0.1) is 6.61 Å². The van der Waals surface area contributed by atoms with Gasteiger partial charge in [0.1, 0.15) is 12.4 Å². The van der Waals surface area contributed by atoms with E-state index in [0.717, 1.165) is 36.4 Å². The second-order valence-electron chi connectivity index (χ2n) is 5.08. The Labute approximate surface area is 126 Å². The van der Waals surface area contributed by atoms with Crippen molar-refractivity contribution in [3.8, 4) is 5.75 Å². The maximum Gasteiger partial charge on any atom is 0.119 e. The number of benzene rings is 2. The largest absolute Gasteiger partial charge is 0.489 e. The van der Waals surface area contributed by atoms with Gasteiger partial charge in [0.2, 0.25) is 0 Å². The Bertz CT molecular complexity index is 520. The van der Waals surface area contributed by atoms with Crippen molar-refractivity contribution < 1.29 is 9.84 Å². The summed E-state index contributed by atoms with van der Waals surface area (Å²) >= 11 is 0. The third-order valence-electron chi connectivity index (χ3n) is 3.29. The Kier molecular flexibility index (Phi) is 6.25. The lowest BCUT2D eigenvalue weighted by atomic mass is 10.1. The first-order valence-corrected chi connectivity index (χ1v) is 7.43. The highest BCUT2D eigenvalue weighted by atomic mass is 16.5. The van der Waals surface area contributed by atoms with Gasteiger partial charge in [-0.05, 0) is 41.8 Å². The minimum Gasteiger partial charge on any atom is -0.489 e. The zero-order chi connectivity index (χ0) is 14.9. The Morgan fingerprint density at radius 2 is 1.52 bits per heavy atom. The molecule has 2 N–H and O–H groups in total. The van der Waals surface area contributed by atoms with E-state index in [1.807, 2.05) is 36.4 Å². The van der Waals surface area contributed by atoms with E-state index in [0.29, 0.717) is 6.61 Å². The zero-order valence-electron chi connectivity index (χ0n) is 12.5. The predicted octanol–water partition coefficient (Wildman–Crippen LogP) is 3.26. The molecule has 0 aliphatic carbocycles. The van der Waals surface area contributed by atoms with E-state index in [2.05, 4.69) is 24.4 Å². The first kappa shape index (κ1) is 15.5. The summed E-state index contributed by atoms with van der Waals surface area (Å²) in [6.07, 6.45) is 1.15. The first-order valence-electron chi connectivity index (χ1n) is 7.43. The third-order valence-corrected chi connectivity index (χ3v) is 3.29. The Morgan fingerprint density at radius 1 is 0.905 bits per heavy atom. The molecule has 3 nitrogen and oxygen atoms in total. The minimum absolute atomic E-state index is 0.0780. The quantitative estimate of drug-likeness (QED) is 0.732. The van der Waals surface area contributed by atoms with Crippen molar-refractivity contribution in [3.63, 3.8) is 0 Å². The van der Waals surface area contributed by atoms with Gasteiger partial charge in [-0.15, -0.1) is 0 Å². The van der Waals surface area contributed by atoms with Crippen LogP contribution >= 0.6 is 0 Å². The predicted molar refractivity (Wildman–Crippen MR) is 85.1 cm³/mol. The van der Waals surface area contributed by atoms with Crippen LogP contribution in [-0.4, -0.2) is 11.7 Å². The molecular formula is C18H23NO2. The molecule has 0 aromatic heterocycles. The van der Waals surface area contributed by atoms with Crippen LogP contribution in [-0.2, 0) is 19.8 Å². The molecule has 112 valence electrons. The van der Waals surface area contributed by atoms with Gasteiger partial charge < -0.3 is 15.2 Å². The molecule has 2 aromatic rings. The number of hydrogen-bond donors (Lipinski definition) is 2. The van der Waals surface area contributed by atoms with E-state index in [-0.39, 0.29) is 6.61 Å². The molecule has 2 rings (SSSR count). The van der Waals surface area contributed by atoms with Gasteiger partial charge in [-0.3, -0.25) is 0 Å². The van der Waals surface area contributed by atoms with E-state index >= 15 is 0 Å². The van der Waals surface area contributed by atoms with Crippen LogP contribution in [0.1, 0.15) is 30.0 Å². The lowest BCUT2D eigenvalue weighted by Crippen LogP contribution is -2.13. The lowest BCUT2D eigenvalue weighted by molar-refractivity contribution is 0.281. The molecule has 2 aromatic carbocycles. The summed E-state index contributed by atoms with van der Waals surface area (Å²) < 4.78 is 5.76. The van der Waals surface area contributed by atoms with Crippen molar-refractivity contribution in [3.05, 3.63) is 65.2 Å². The van der Waals surface area contributed by atoms with E-state index in [1.165, 1.54) is 5.56 Å². The first-order chi connectivity index (χ1) is 10.3. The SMILES string of the molecule is CCCNCc1ccc(OCc2ccc(CO)cc2)cc1. The summed E-state index contributed by atoms with van der Waals surface area (Å²) in [5.41, 5.74) is 3.28. The molecule has 0 unspecified atom stereocenters. The van der Waals surface area contributed by atoms with Crippen molar-refractivity contribution in [2.45, 2.75) is 33.1 Å². The van der Waals surface area contributed by atoms with Gasteiger partial charge in [0.15, 0.2) is 0 Å². The molecule has 0 saturated carbocycles. The van der Waals surface area contributed by atoms with Crippen LogP contribution in [0.15, 0.2) is 48.5 Å². The van der Waals surface area contributed by atoms with Crippen molar-refractivity contribution >= 4 is 0 Å². The fraction of sp³-hybridized carbons (Fsp3) is 0.333. The standard InChI is InChI=1S/C18H23NO2/c1-2-11-19-12-15-7-9-18(10-8-15)21-14-17-5-3-16(13-20)4-6-17/h3-10,19-20H,2,11-14H2,1H3. The van der Waals surface area contributed by atoms with Gasteiger partial charge in [-0.2, -0.15) is 0 Å². The van der Waals surface area contributed by atoms with E-state index in [9.17, 15) is 0 Å². The summed E-state index contributed by atoms with van der Waals surface area (Å²) in [6, 6.07) is 16.0. The summed E-state index contributed by atoms with van der Waals surface area (Å²) in [5, 5.41) is 12.4. The molecule has 0 aliphatic heterocycles. The molecule has 0 fully saturated rings. The lowest BCUT2D eigenvalue weighted by Gasteiger charge is -2.08. The Morgan fingerprint density at radius 3 is 2.14 bits per heavy atom. The topological polar surface area (TPSA) is 41.5 Å². The molecule has 0 amide bonds. The van der Waals surface area contributed by atoms with Crippen LogP contribution in [0.5, 0.6) is 5.75 Å². The van der Waals surface area contributed by atoms with Crippen LogP contribution in [0.25, 0.3) is 0 Å². The van der Waals surface area contributed by atoms with Crippen molar-refractivity contribution in [1.82, 2.24) is 5.32 Å². The molecule has 21 heavy (non-hydrogen) atoms. The number of ether oxygens (including phenoxy) is 1.